The molecular weight excluding hydrogens is 293 g/mol. The number of pyridine rings is 1. The number of halogens is 1. The van der Waals surface area contributed by atoms with Gasteiger partial charge >= 0.3 is 0 Å². The lowest BCUT2D eigenvalue weighted by Crippen LogP contribution is -1.99. The van der Waals surface area contributed by atoms with Crippen molar-refractivity contribution in [2.24, 2.45) is 0 Å². The minimum Gasteiger partial charge on any atom is -0.479 e. The maximum Gasteiger partial charge on any atom is 0.249 e. The molecule has 0 fully saturated rings. The predicted octanol–water partition coefficient (Wildman–Crippen LogP) is 3.12. The van der Waals surface area contributed by atoms with Crippen molar-refractivity contribution in [2.75, 3.05) is 7.11 Å². The van der Waals surface area contributed by atoms with Crippen LogP contribution in [0, 0.1) is 24.6 Å². The summed E-state index contributed by atoms with van der Waals surface area (Å²) in [7, 11) is 1.54. The first-order chi connectivity index (χ1) is 11.2. The van der Waals surface area contributed by atoms with Crippen molar-refractivity contribution >= 4 is 0 Å². The lowest BCUT2D eigenvalue weighted by molar-refractivity contribution is 0.393. The first kappa shape index (κ1) is 14.8. The molecule has 3 rings (SSSR count). The van der Waals surface area contributed by atoms with Gasteiger partial charge in [-0.05, 0) is 49.2 Å². The molecule has 0 aliphatic carbocycles. The lowest BCUT2D eigenvalue weighted by atomic mass is 10.2. The van der Waals surface area contributed by atoms with Crippen LogP contribution in [0.15, 0.2) is 48.7 Å². The molecule has 4 nitrogen and oxygen atoms in total. The average Bonchev–Trinajstić information content (AvgIpc) is 2.90. The van der Waals surface area contributed by atoms with Gasteiger partial charge in [0.25, 0.3) is 0 Å². The number of nitrogens with zero attached hydrogens (tertiary/aromatic N) is 3. The zero-order valence-corrected chi connectivity index (χ0v) is 12.7. The number of hydrogen-bond acceptors (Lipinski definition) is 3. The summed E-state index contributed by atoms with van der Waals surface area (Å²) in [5.41, 5.74) is 2.91. The SMILES string of the molecule is COc1nn(-c2ccc(F)cc2)c(C)c1C#Cc1ccccn1. The molecule has 0 radical (unpaired) electrons. The zero-order valence-electron chi connectivity index (χ0n) is 12.7. The quantitative estimate of drug-likeness (QED) is 0.683. The molecule has 0 unspecified atom stereocenters. The Morgan fingerprint density at radius 3 is 2.52 bits per heavy atom. The van der Waals surface area contributed by atoms with Crippen molar-refractivity contribution in [3.8, 4) is 23.4 Å². The molecule has 0 aliphatic rings. The summed E-state index contributed by atoms with van der Waals surface area (Å²) in [6, 6.07) is 11.6. The van der Waals surface area contributed by atoms with Gasteiger partial charge < -0.3 is 4.74 Å². The Kier molecular flexibility index (Phi) is 4.07. The predicted molar refractivity (Wildman–Crippen MR) is 85.0 cm³/mol. The van der Waals surface area contributed by atoms with Gasteiger partial charge in [0.15, 0.2) is 0 Å². The molecule has 0 amide bonds. The standard InChI is InChI=1S/C18H14FN3O/c1-13-17(11-8-15-5-3-4-12-20-15)18(23-2)21-22(13)16-9-6-14(19)7-10-16/h3-7,9-10,12H,1-2H3. The Hall–Kier alpha value is -3.13. The van der Waals surface area contributed by atoms with E-state index in [0.717, 1.165) is 11.4 Å². The topological polar surface area (TPSA) is 39.9 Å². The molecule has 5 heteroatoms. The minimum atomic E-state index is -0.291. The number of aromatic nitrogens is 3. The van der Waals surface area contributed by atoms with E-state index < -0.39 is 0 Å². The van der Waals surface area contributed by atoms with Gasteiger partial charge in [0, 0.05) is 6.20 Å². The van der Waals surface area contributed by atoms with Crippen molar-refractivity contribution < 1.29 is 9.13 Å². The van der Waals surface area contributed by atoms with Crippen molar-refractivity contribution in [1.82, 2.24) is 14.8 Å². The van der Waals surface area contributed by atoms with Crippen LogP contribution in [0.4, 0.5) is 4.39 Å². The molecule has 0 saturated heterocycles. The number of rotatable bonds is 2. The van der Waals surface area contributed by atoms with Gasteiger partial charge in [-0.15, -0.1) is 5.10 Å². The van der Waals surface area contributed by atoms with Gasteiger partial charge in [-0.25, -0.2) is 14.1 Å². The molecule has 2 aromatic heterocycles. The number of ether oxygens (including phenoxy) is 1. The van der Waals surface area contributed by atoms with Crippen LogP contribution < -0.4 is 4.74 Å². The molecule has 2 heterocycles. The fourth-order valence-electron chi connectivity index (χ4n) is 2.16. The van der Waals surface area contributed by atoms with E-state index in [4.69, 9.17) is 4.74 Å². The second kappa shape index (κ2) is 6.32. The summed E-state index contributed by atoms with van der Waals surface area (Å²) in [5.74, 6) is 6.19. The van der Waals surface area contributed by atoms with Crippen LogP contribution in [-0.4, -0.2) is 21.9 Å². The molecule has 0 spiro atoms. The summed E-state index contributed by atoms with van der Waals surface area (Å²) in [5, 5.41) is 4.39. The van der Waals surface area contributed by atoms with Crippen LogP contribution in [0.5, 0.6) is 5.88 Å². The molecular formula is C18H14FN3O. The average molecular weight is 307 g/mol. The highest BCUT2D eigenvalue weighted by Crippen LogP contribution is 2.23. The van der Waals surface area contributed by atoms with E-state index in [1.165, 1.54) is 12.1 Å². The molecule has 23 heavy (non-hydrogen) atoms. The molecule has 0 atom stereocenters. The van der Waals surface area contributed by atoms with E-state index in [1.807, 2.05) is 25.1 Å². The van der Waals surface area contributed by atoms with Crippen molar-refractivity contribution in [3.05, 3.63) is 71.4 Å². The molecule has 3 aromatic rings. The number of benzene rings is 1. The highest BCUT2D eigenvalue weighted by atomic mass is 19.1. The van der Waals surface area contributed by atoms with Crippen LogP contribution in [0.3, 0.4) is 0 Å². The Balaban J connectivity index is 2.04. The van der Waals surface area contributed by atoms with Gasteiger partial charge in [-0.1, -0.05) is 12.0 Å². The van der Waals surface area contributed by atoms with Gasteiger partial charge in [0.05, 0.1) is 18.5 Å². The number of hydrogen-bond donors (Lipinski definition) is 0. The second-order valence-corrected chi connectivity index (χ2v) is 4.82. The molecule has 0 N–H and O–H groups in total. The first-order valence-electron chi connectivity index (χ1n) is 7.01. The van der Waals surface area contributed by atoms with Crippen molar-refractivity contribution in [3.63, 3.8) is 0 Å². The van der Waals surface area contributed by atoms with E-state index in [0.29, 0.717) is 17.1 Å². The van der Waals surface area contributed by atoms with Crippen LogP contribution in [0.1, 0.15) is 17.0 Å². The summed E-state index contributed by atoms with van der Waals surface area (Å²) in [6.45, 7) is 1.89. The van der Waals surface area contributed by atoms with E-state index in [-0.39, 0.29) is 5.82 Å². The lowest BCUT2D eigenvalue weighted by Gasteiger charge is -2.03. The van der Waals surface area contributed by atoms with E-state index in [1.54, 1.807) is 30.1 Å². The monoisotopic (exact) mass is 307 g/mol. The van der Waals surface area contributed by atoms with Crippen LogP contribution in [0.2, 0.25) is 0 Å². The zero-order chi connectivity index (χ0) is 16.2. The van der Waals surface area contributed by atoms with Crippen molar-refractivity contribution in [1.29, 1.82) is 0 Å². The first-order valence-corrected chi connectivity index (χ1v) is 7.01. The molecule has 114 valence electrons. The summed E-state index contributed by atoms with van der Waals surface area (Å²) < 4.78 is 20.1. The molecule has 0 saturated carbocycles. The highest BCUT2D eigenvalue weighted by molar-refractivity contribution is 5.51. The second-order valence-electron chi connectivity index (χ2n) is 4.82. The summed E-state index contributed by atoms with van der Waals surface area (Å²) >= 11 is 0. The van der Waals surface area contributed by atoms with Gasteiger partial charge in [-0.2, -0.15) is 0 Å². The molecule has 0 aliphatic heterocycles. The maximum atomic E-state index is 13.1. The third-order valence-electron chi connectivity index (χ3n) is 3.33. The third-order valence-corrected chi connectivity index (χ3v) is 3.33. The maximum absolute atomic E-state index is 13.1. The van der Waals surface area contributed by atoms with Gasteiger partial charge in [0.2, 0.25) is 5.88 Å². The fourth-order valence-corrected chi connectivity index (χ4v) is 2.16. The Morgan fingerprint density at radius 2 is 1.87 bits per heavy atom. The van der Waals surface area contributed by atoms with Gasteiger partial charge in [-0.3, -0.25) is 0 Å². The summed E-state index contributed by atoms with van der Waals surface area (Å²) in [6.07, 6.45) is 1.69. The van der Waals surface area contributed by atoms with E-state index in [2.05, 4.69) is 21.9 Å². The Bertz CT molecular complexity index is 874. The van der Waals surface area contributed by atoms with Crippen molar-refractivity contribution in [2.45, 2.75) is 6.92 Å². The smallest absolute Gasteiger partial charge is 0.249 e. The van der Waals surface area contributed by atoms with Crippen LogP contribution in [-0.2, 0) is 0 Å². The minimum absolute atomic E-state index is 0.291. The highest BCUT2D eigenvalue weighted by Gasteiger charge is 2.14. The largest absolute Gasteiger partial charge is 0.479 e. The van der Waals surface area contributed by atoms with Crippen LogP contribution >= 0.6 is 0 Å². The van der Waals surface area contributed by atoms with E-state index in [9.17, 15) is 4.39 Å². The van der Waals surface area contributed by atoms with Crippen LogP contribution in [0.25, 0.3) is 5.69 Å². The molecule has 1 aromatic carbocycles. The van der Waals surface area contributed by atoms with E-state index >= 15 is 0 Å². The normalized spacial score (nSPS) is 10.0. The fraction of sp³-hybridized carbons (Fsp3) is 0.111. The Morgan fingerprint density at radius 1 is 1.09 bits per heavy atom. The summed E-state index contributed by atoms with van der Waals surface area (Å²) in [4.78, 5) is 4.17. The Labute approximate surface area is 133 Å². The van der Waals surface area contributed by atoms with Gasteiger partial charge in [0.1, 0.15) is 17.1 Å². The number of methoxy groups -OCH3 is 1. The molecule has 0 bridgehead atoms. The third kappa shape index (κ3) is 3.06.